The van der Waals surface area contributed by atoms with E-state index in [1.165, 1.54) is 18.2 Å². The summed E-state index contributed by atoms with van der Waals surface area (Å²) in [6.45, 7) is 1.93. The van der Waals surface area contributed by atoms with Gasteiger partial charge in [0.1, 0.15) is 5.75 Å². The van der Waals surface area contributed by atoms with Gasteiger partial charge in [-0.2, -0.15) is 0 Å². The minimum absolute atomic E-state index is 0.0959. The highest BCUT2D eigenvalue weighted by atomic mass is 16.6. The fourth-order valence-corrected chi connectivity index (χ4v) is 2.14. The van der Waals surface area contributed by atoms with E-state index in [4.69, 9.17) is 4.74 Å². The first-order chi connectivity index (χ1) is 9.06. The van der Waals surface area contributed by atoms with Crippen molar-refractivity contribution in [3.05, 3.63) is 33.9 Å². The van der Waals surface area contributed by atoms with Gasteiger partial charge in [0.15, 0.2) is 11.7 Å². The van der Waals surface area contributed by atoms with Crippen molar-refractivity contribution in [3.63, 3.8) is 0 Å². The van der Waals surface area contributed by atoms with Crippen LogP contribution < -0.4 is 4.74 Å². The van der Waals surface area contributed by atoms with Crippen molar-refractivity contribution in [3.8, 4) is 5.75 Å². The van der Waals surface area contributed by atoms with Gasteiger partial charge in [-0.25, -0.2) is 0 Å². The number of fused-ring (bicyclic) bond motifs is 1. The zero-order valence-corrected chi connectivity index (χ0v) is 10.4. The Morgan fingerprint density at radius 3 is 2.84 bits per heavy atom. The van der Waals surface area contributed by atoms with Crippen LogP contribution in [0.3, 0.4) is 0 Å². The lowest BCUT2D eigenvalue weighted by Gasteiger charge is -2.06. The maximum atomic E-state index is 12.0. The van der Waals surface area contributed by atoms with Crippen LogP contribution in [-0.2, 0) is 9.59 Å². The van der Waals surface area contributed by atoms with Gasteiger partial charge in [-0.15, -0.1) is 0 Å². The normalized spacial score (nSPS) is 16.9. The molecule has 19 heavy (non-hydrogen) atoms. The molecule has 0 spiro atoms. The van der Waals surface area contributed by atoms with Gasteiger partial charge in [0.25, 0.3) is 5.69 Å². The Hall–Kier alpha value is -2.24. The number of unbranched alkanes of at least 4 members (excludes halogenated alkanes) is 1. The summed E-state index contributed by atoms with van der Waals surface area (Å²) in [5.74, 6) is -2.07. The lowest BCUT2D eigenvalue weighted by atomic mass is 9.92. The average molecular weight is 263 g/mol. The third-order valence-corrected chi connectivity index (χ3v) is 3.07. The fraction of sp³-hybridized carbons (Fsp3) is 0.385. The molecule has 1 atom stereocenters. The van der Waals surface area contributed by atoms with Gasteiger partial charge in [-0.05, 0) is 12.5 Å². The van der Waals surface area contributed by atoms with Crippen molar-refractivity contribution in [2.45, 2.75) is 32.1 Å². The van der Waals surface area contributed by atoms with E-state index in [2.05, 4.69) is 0 Å². The van der Waals surface area contributed by atoms with Gasteiger partial charge < -0.3 is 4.74 Å². The van der Waals surface area contributed by atoms with Gasteiger partial charge in [-0.1, -0.05) is 19.4 Å². The van der Waals surface area contributed by atoms with E-state index >= 15 is 0 Å². The van der Waals surface area contributed by atoms with Crippen LogP contribution in [0.1, 0.15) is 37.7 Å². The summed E-state index contributed by atoms with van der Waals surface area (Å²) in [5.41, 5.74) is -0.142. The van der Waals surface area contributed by atoms with Crippen LogP contribution in [0.25, 0.3) is 0 Å². The molecule has 1 aliphatic heterocycles. The Balaban J connectivity index is 2.42. The number of nitro benzene ring substituents is 1. The summed E-state index contributed by atoms with van der Waals surface area (Å²) in [6.07, 6.45) is 1.69. The van der Waals surface area contributed by atoms with Crippen LogP contribution >= 0.6 is 0 Å². The largest absolute Gasteiger partial charge is 0.425 e. The van der Waals surface area contributed by atoms with Gasteiger partial charge in [-0.3, -0.25) is 19.7 Å². The number of rotatable bonds is 5. The molecule has 1 aliphatic rings. The van der Waals surface area contributed by atoms with E-state index in [0.29, 0.717) is 6.42 Å². The monoisotopic (exact) mass is 263 g/mol. The molecule has 1 unspecified atom stereocenters. The van der Waals surface area contributed by atoms with Crippen LogP contribution in [0.15, 0.2) is 18.2 Å². The predicted molar refractivity (Wildman–Crippen MR) is 66.0 cm³/mol. The quantitative estimate of drug-likeness (QED) is 0.267. The van der Waals surface area contributed by atoms with Crippen molar-refractivity contribution < 1.29 is 19.2 Å². The molecule has 0 amide bonds. The highest BCUT2D eigenvalue weighted by Crippen LogP contribution is 2.41. The molecule has 0 bridgehead atoms. The number of nitrogens with zero attached hydrogens (tertiary/aromatic N) is 1. The van der Waals surface area contributed by atoms with Gasteiger partial charge in [0, 0.05) is 12.5 Å². The highest BCUT2D eigenvalue weighted by Gasteiger charge is 2.43. The van der Waals surface area contributed by atoms with E-state index in [0.717, 1.165) is 6.42 Å². The van der Waals surface area contributed by atoms with Crippen LogP contribution in [-0.4, -0.2) is 16.7 Å². The summed E-state index contributed by atoms with van der Waals surface area (Å²) in [6, 6.07) is 4.18. The Morgan fingerprint density at radius 2 is 2.21 bits per heavy atom. The first-order valence-electron chi connectivity index (χ1n) is 6.08. The van der Waals surface area contributed by atoms with Crippen molar-refractivity contribution >= 4 is 17.4 Å². The number of benzene rings is 1. The smallest absolute Gasteiger partial charge is 0.326 e. The maximum absolute atomic E-state index is 12.0. The van der Waals surface area contributed by atoms with Gasteiger partial charge >= 0.3 is 5.97 Å². The number of ether oxygens (including phenoxy) is 1. The third kappa shape index (κ3) is 2.33. The van der Waals surface area contributed by atoms with E-state index in [1.54, 1.807) is 0 Å². The molecule has 0 radical (unpaired) electrons. The lowest BCUT2D eigenvalue weighted by Crippen LogP contribution is -2.20. The summed E-state index contributed by atoms with van der Waals surface area (Å²) >= 11 is 0. The molecule has 0 saturated heterocycles. The Morgan fingerprint density at radius 1 is 1.47 bits per heavy atom. The number of hydrogen-bond donors (Lipinski definition) is 0. The van der Waals surface area contributed by atoms with Crippen molar-refractivity contribution in [2.75, 3.05) is 0 Å². The summed E-state index contributed by atoms with van der Waals surface area (Å²) in [4.78, 5) is 34.2. The van der Waals surface area contributed by atoms with E-state index < -0.39 is 16.8 Å². The zero-order chi connectivity index (χ0) is 14.0. The summed E-state index contributed by atoms with van der Waals surface area (Å²) < 4.78 is 4.95. The molecule has 2 rings (SSSR count). The van der Waals surface area contributed by atoms with Gasteiger partial charge in [0.2, 0.25) is 0 Å². The van der Waals surface area contributed by atoms with Crippen LogP contribution in [0, 0.1) is 10.1 Å². The topological polar surface area (TPSA) is 86.5 Å². The van der Waals surface area contributed by atoms with Crippen molar-refractivity contribution in [1.82, 2.24) is 0 Å². The first kappa shape index (κ1) is 13.2. The molecular weight excluding hydrogens is 250 g/mol. The van der Waals surface area contributed by atoms with Crippen molar-refractivity contribution in [2.24, 2.45) is 0 Å². The second-order valence-corrected chi connectivity index (χ2v) is 4.37. The second kappa shape index (κ2) is 5.17. The number of esters is 1. The Bertz CT molecular complexity index is 552. The minimum atomic E-state index is -1.15. The molecule has 100 valence electrons. The van der Waals surface area contributed by atoms with E-state index in [9.17, 15) is 19.7 Å². The fourth-order valence-electron chi connectivity index (χ4n) is 2.14. The molecule has 6 heteroatoms. The minimum Gasteiger partial charge on any atom is -0.425 e. The van der Waals surface area contributed by atoms with Crippen LogP contribution in [0.5, 0.6) is 5.75 Å². The number of carbonyl (C=O) groups excluding carboxylic acids is 2. The molecule has 0 saturated carbocycles. The highest BCUT2D eigenvalue weighted by molar-refractivity contribution is 6.09. The first-order valence-corrected chi connectivity index (χ1v) is 6.08. The number of ketones is 1. The lowest BCUT2D eigenvalue weighted by molar-refractivity contribution is -0.385. The maximum Gasteiger partial charge on any atom is 0.326 e. The van der Waals surface area contributed by atoms with Crippen molar-refractivity contribution in [1.29, 1.82) is 0 Å². The van der Waals surface area contributed by atoms with Crippen LogP contribution in [0.2, 0.25) is 0 Å². The summed E-state index contributed by atoms with van der Waals surface area (Å²) in [5, 5.41) is 11.0. The molecule has 0 aliphatic carbocycles. The zero-order valence-electron chi connectivity index (χ0n) is 10.4. The molecule has 0 aromatic heterocycles. The number of hydrogen-bond acceptors (Lipinski definition) is 5. The Kier molecular flexibility index (Phi) is 3.59. The van der Waals surface area contributed by atoms with E-state index in [-0.39, 0.29) is 29.2 Å². The Labute approximate surface area is 109 Å². The predicted octanol–water partition coefficient (Wildman–Crippen LogP) is 2.36. The SMILES string of the molecule is CCCCC(=O)C1C(=O)Oc2cccc([N+](=O)[O-])c21. The number of nitro groups is 1. The van der Waals surface area contributed by atoms with Crippen LogP contribution in [0.4, 0.5) is 5.69 Å². The van der Waals surface area contributed by atoms with E-state index in [1.807, 2.05) is 6.92 Å². The number of Topliss-reactive ketones (excluding diaryl/α,β-unsaturated/α-hetero) is 1. The number of carbonyl (C=O) groups is 2. The second-order valence-electron chi connectivity index (χ2n) is 4.37. The molecule has 1 heterocycles. The molecule has 1 aromatic carbocycles. The average Bonchev–Trinajstić information content (AvgIpc) is 2.71. The molecule has 6 nitrogen and oxygen atoms in total. The molecule has 1 aromatic rings. The molecule has 0 fully saturated rings. The standard InChI is InChI=1S/C13H13NO5/c1-2-3-6-9(15)12-11-8(14(17)18)5-4-7-10(11)19-13(12)16/h4-5,7,12H,2-3,6H2,1H3. The van der Waals surface area contributed by atoms with Gasteiger partial charge in [0.05, 0.1) is 10.5 Å². The molecular formula is C13H13NO5. The summed E-state index contributed by atoms with van der Waals surface area (Å²) in [7, 11) is 0. The molecule has 0 N–H and O–H groups in total. The third-order valence-electron chi connectivity index (χ3n) is 3.07.